The third-order valence-electron chi connectivity index (χ3n) is 8.73. The molecule has 0 aromatic rings. The van der Waals surface area contributed by atoms with Crippen molar-refractivity contribution >= 4 is 5.91 Å². The van der Waals surface area contributed by atoms with Crippen LogP contribution < -0.4 is 5.32 Å². The Morgan fingerprint density at radius 2 is 1.97 bits per heavy atom. The van der Waals surface area contributed by atoms with Gasteiger partial charge >= 0.3 is 6.18 Å². The van der Waals surface area contributed by atoms with Crippen molar-refractivity contribution in [1.82, 2.24) is 5.32 Å². The average Bonchev–Trinajstić information content (AvgIpc) is 3.10. The predicted molar refractivity (Wildman–Crippen MR) is 128 cm³/mol. The Hall–Kier alpha value is -1.64. The van der Waals surface area contributed by atoms with Crippen molar-refractivity contribution in [3.8, 4) is 0 Å². The molecule has 5 nitrogen and oxygen atoms in total. The topological polar surface area (TPSA) is 89.8 Å². The molecule has 0 heterocycles. The summed E-state index contributed by atoms with van der Waals surface area (Å²) in [5, 5.41) is 32.3. The molecular formula is C27H40F3NO4. The maximum Gasteiger partial charge on any atom is 0.417 e. The Labute approximate surface area is 206 Å². The normalized spacial score (nSPS) is 36.7. The largest absolute Gasteiger partial charge is 0.417 e. The van der Waals surface area contributed by atoms with Gasteiger partial charge in [0.2, 0.25) is 5.91 Å². The summed E-state index contributed by atoms with van der Waals surface area (Å²) in [6.45, 7) is 9.21. The first-order valence-electron chi connectivity index (χ1n) is 12.7. The number of nitrogens with one attached hydrogen (secondary N) is 1. The molecule has 8 heteroatoms. The number of aliphatic hydroxyl groups is 3. The highest BCUT2D eigenvalue weighted by Crippen LogP contribution is 2.59. The maximum atomic E-state index is 12.9. The molecule has 1 amide bonds. The Morgan fingerprint density at radius 3 is 2.63 bits per heavy atom. The van der Waals surface area contributed by atoms with E-state index in [2.05, 4.69) is 24.9 Å². The molecule has 7 atom stereocenters. The summed E-state index contributed by atoms with van der Waals surface area (Å²) in [5.74, 6) is -0.00721. The monoisotopic (exact) mass is 499 g/mol. The highest BCUT2D eigenvalue weighted by Gasteiger charge is 2.52. The van der Waals surface area contributed by atoms with E-state index >= 15 is 0 Å². The molecule has 0 unspecified atom stereocenters. The summed E-state index contributed by atoms with van der Waals surface area (Å²) in [6, 6.07) is 0. The second kappa shape index (κ2) is 10.4. The number of carbonyl (C=O) groups is 1. The first-order valence-corrected chi connectivity index (χ1v) is 12.7. The summed E-state index contributed by atoms with van der Waals surface area (Å²) in [7, 11) is 0. The lowest BCUT2D eigenvalue weighted by Crippen LogP contribution is -2.47. The first-order chi connectivity index (χ1) is 16.2. The number of hydrogen-bond acceptors (Lipinski definition) is 4. The van der Waals surface area contributed by atoms with Crippen LogP contribution in [0.4, 0.5) is 13.2 Å². The van der Waals surface area contributed by atoms with Gasteiger partial charge in [0.25, 0.3) is 0 Å². The van der Waals surface area contributed by atoms with E-state index in [0.29, 0.717) is 37.2 Å². The fourth-order valence-electron chi connectivity index (χ4n) is 6.57. The molecule has 0 radical (unpaired) electrons. The zero-order valence-corrected chi connectivity index (χ0v) is 21.0. The van der Waals surface area contributed by atoms with E-state index in [-0.39, 0.29) is 17.9 Å². The molecule has 35 heavy (non-hydrogen) atoms. The summed E-state index contributed by atoms with van der Waals surface area (Å²) in [5.41, 5.74) is -0.0981. The van der Waals surface area contributed by atoms with E-state index < -0.39 is 36.3 Å². The van der Waals surface area contributed by atoms with Crippen molar-refractivity contribution in [2.45, 2.75) is 96.1 Å². The van der Waals surface area contributed by atoms with Crippen molar-refractivity contribution in [3.05, 3.63) is 35.5 Å². The lowest BCUT2D eigenvalue weighted by Gasteiger charge is -2.44. The van der Waals surface area contributed by atoms with Crippen LogP contribution in [-0.2, 0) is 4.79 Å². The van der Waals surface area contributed by atoms with Crippen LogP contribution in [0.1, 0.15) is 72.1 Å². The number of carbonyl (C=O) groups excluding carboxylic acids is 1. The van der Waals surface area contributed by atoms with Crippen LogP contribution in [0.25, 0.3) is 0 Å². The van der Waals surface area contributed by atoms with Crippen molar-refractivity contribution in [2.24, 2.45) is 23.2 Å². The van der Waals surface area contributed by atoms with Crippen molar-refractivity contribution in [1.29, 1.82) is 0 Å². The van der Waals surface area contributed by atoms with Gasteiger partial charge in [-0.2, -0.15) is 13.2 Å². The number of amides is 1. The van der Waals surface area contributed by atoms with Crippen LogP contribution in [-0.4, -0.2) is 51.8 Å². The maximum absolute atomic E-state index is 12.9. The number of allylic oxidation sites excluding steroid dienone is 3. The molecule has 3 aliphatic carbocycles. The minimum atomic E-state index is -4.86. The van der Waals surface area contributed by atoms with Crippen LogP contribution in [0, 0.1) is 23.2 Å². The fraction of sp³-hybridized carbons (Fsp3) is 0.741. The lowest BCUT2D eigenvalue weighted by atomic mass is 9.61. The number of alkyl halides is 3. The van der Waals surface area contributed by atoms with Crippen LogP contribution in [0.2, 0.25) is 0 Å². The number of halogens is 3. The fourth-order valence-corrected chi connectivity index (χ4v) is 6.57. The zero-order chi connectivity index (χ0) is 26.2. The predicted octanol–water partition coefficient (Wildman–Crippen LogP) is 4.58. The second-order valence-electron chi connectivity index (χ2n) is 11.4. The van der Waals surface area contributed by atoms with Gasteiger partial charge in [-0.25, -0.2) is 0 Å². The van der Waals surface area contributed by atoms with Gasteiger partial charge in [-0.05, 0) is 79.8 Å². The molecule has 0 spiro atoms. The van der Waals surface area contributed by atoms with Gasteiger partial charge in [0, 0.05) is 13.0 Å². The van der Waals surface area contributed by atoms with E-state index in [4.69, 9.17) is 0 Å². The smallest absolute Gasteiger partial charge is 0.393 e. The SMILES string of the molecule is C=C1/C(=C\C=C2/CCC[C@]3(C)[C@@H]([C@H](C)CNC(=O)C[C@](C)(O)C(F)(F)F)CC[C@@H]23)C[C@@H](O)C[C@@H]1O. The standard InChI is InChI=1S/C27H40F3NO4/c1-16(15-31-24(34)14-26(4,35)27(28,29)30)21-9-10-22-18(6-5-11-25(21,22)3)7-8-19-12-20(32)13-23(33)17(19)2/h7-8,16,20-23,32-33,35H,2,5-6,9-15H2,1,3-4H3,(H,31,34)/b18-7+,19-8-/t16-,20-,21-,22+,23+,25-,26+/m1/s1. The van der Waals surface area contributed by atoms with Gasteiger partial charge in [-0.3, -0.25) is 4.79 Å². The van der Waals surface area contributed by atoms with E-state index in [9.17, 15) is 33.3 Å². The molecule has 4 N–H and O–H groups in total. The number of aliphatic hydroxyl groups excluding tert-OH is 2. The molecule has 3 fully saturated rings. The number of rotatable bonds is 6. The number of fused-ring (bicyclic) bond motifs is 1. The van der Waals surface area contributed by atoms with Crippen LogP contribution in [0.15, 0.2) is 35.5 Å². The molecule has 0 bridgehead atoms. The van der Waals surface area contributed by atoms with E-state index in [1.807, 2.05) is 13.0 Å². The molecule has 3 saturated carbocycles. The molecule has 3 rings (SSSR count). The third kappa shape index (κ3) is 6.03. The van der Waals surface area contributed by atoms with Gasteiger partial charge in [-0.15, -0.1) is 0 Å². The summed E-state index contributed by atoms with van der Waals surface area (Å²) in [4.78, 5) is 12.1. The number of hydrogen-bond donors (Lipinski definition) is 4. The third-order valence-corrected chi connectivity index (χ3v) is 8.73. The van der Waals surface area contributed by atoms with Crippen LogP contribution >= 0.6 is 0 Å². The lowest BCUT2D eigenvalue weighted by molar-refractivity contribution is -0.253. The van der Waals surface area contributed by atoms with Gasteiger partial charge in [0.05, 0.1) is 18.6 Å². The van der Waals surface area contributed by atoms with E-state index in [1.54, 1.807) is 0 Å². The van der Waals surface area contributed by atoms with E-state index in [1.165, 1.54) is 5.57 Å². The highest BCUT2D eigenvalue weighted by molar-refractivity contribution is 5.77. The Bertz CT molecular complexity index is 878. The van der Waals surface area contributed by atoms with Crippen molar-refractivity contribution in [2.75, 3.05) is 6.54 Å². The molecule has 0 aromatic carbocycles. The molecule has 0 aliphatic heterocycles. The summed E-state index contributed by atoms with van der Waals surface area (Å²) >= 11 is 0. The van der Waals surface area contributed by atoms with Crippen LogP contribution in [0.5, 0.6) is 0 Å². The highest BCUT2D eigenvalue weighted by atomic mass is 19.4. The van der Waals surface area contributed by atoms with Gasteiger partial charge in [0.1, 0.15) is 0 Å². The summed E-state index contributed by atoms with van der Waals surface area (Å²) < 4.78 is 38.6. The molecule has 3 aliphatic rings. The van der Waals surface area contributed by atoms with E-state index in [0.717, 1.165) is 37.7 Å². The first kappa shape index (κ1) is 27.9. The minimum Gasteiger partial charge on any atom is -0.393 e. The molecule has 0 aromatic heterocycles. The second-order valence-corrected chi connectivity index (χ2v) is 11.4. The molecule has 0 saturated heterocycles. The van der Waals surface area contributed by atoms with Gasteiger partial charge in [-0.1, -0.05) is 38.2 Å². The Kier molecular flexibility index (Phi) is 8.29. The Morgan fingerprint density at radius 1 is 1.29 bits per heavy atom. The van der Waals surface area contributed by atoms with Crippen LogP contribution in [0.3, 0.4) is 0 Å². The Balaban J connectivity index is 1.65. The van der Waals surface area contributed by atoms with Gasteiger partial charge < -0.3 is 20.6 Å². The van der Waals surface area contributed by atoms with Gasteiger partial charge in [0.15, 0.2) is 5.60 Å². The minimum absolute atomic E-state index is 0.0345. The molecule has 198 valence electrons. The average molecular weight is 500 g/mol. The van der Waals surface area contributed by atoms with Crippen molar-refractivity contribution < 1.29 is 33.3 Å². The van der Waals surface area contributed by atoms with Crippen molar-refractivity contribution in [3.63, 3.8) is 0 Å². The zero-order valence-electron chi connectivity index (χ0n) is 21.0. The molecular weight excluding hydrogens is 459 g/mol. The summed E-state index contributed by atoms with van der Waals surface area (Å²) in [6.07, 6.45) is 2.88. The quantitative estimate of drug-likeness (QED) is 0.431.